The lowest BCUT2D eigenvalue weighted by molar-refractivity contribution is -0.141. The average molecular weight is 485 g/mol. The van der Waals surface area contributed by atoms with Gasteiger partial charge in [0.2, 0.25) is 5.88 Å². The molecule has 4 aromatic rings. The lowest BCUT2D eigenvalue weighted by Gasteiger charge is -2.15. The fourth-order valence-electron chi connectivity index (χ4n) is 2.75. The minimum atomic E-state index is -0.779. The van der Waals surface area contributed by atoms with Crippen molar-refractivity contribution in [1.29, 1.82) is 0 Å². The van der Waals surface area contributed by atoms with Gasteiger partial charge in [-0.3, -0.25) is 9.63 Å². The lowest BCUT2D eigenvalue weighted by atomic mass is 10.3. The molecule has 1 atom stereocenters. The Bertz CT molecular complexity index is 1250. The molecule has 2 heterocycles. The molecule has 2 aromatic heterocycles. The molecule has 0 saturated heterocycles. The summed E-state index contributed by atoms with van der Waals surface area (Å²) in [4.78, 5) is 30.0. The number of hydroxylamine groups is 1. The number of pyridine rings is 1. The first kappa shape index (κ1) is 22.7. The first-order valence-electron chi connectivity index (χ1n) is 9.85. The number of aromatic nitrogens is 3. The van der Waals surface area contributed by atoms with Crippen LogP contribution in [0.2, 0.25) is 10.2 Å². The number of nitrogens with zero attached hydrogens (tertiary/aromatic N) is 3. The number of amides is 1. The van der Waals surface area contributed by atoms with E-state index >= 15 is 0 Å². The van der Waals surface area contributed by atoms with E-state index in [2.05, 4.69) is 20.4 Å². The van der Waals surface area contributed by atoms with E-state index in [9.17, 15) is 4.79 Å². The number of carbonyl (C=O) groups is 1. The Balaban J connectivity index is 1.28. The van der Waals surface area contributed by atoms with Gasteiger partial charge in [0.1, 0.15) is 23.3 Å². The van der Waals surface area contributed by atoms with Crippen molar-refractivity contribution in [2.45, 2.75) is 19.6 Å². The van der Waals surface area contributed by atoms with Crippen LogP contribution in [0.4, 0.5) is 0 Å². The fraction of sp³-hybridized carbons (Fsp3) is 0.130. The summed E-state index contributed by atoms with van der Waals surface area (Å²) in [7, 11) is 0. The van der Waals surface area contributed by atoms with Crippen LogP contribution >= 0.6 is 23.2 Å². The number of nitrogens with one attached hydrogen (secondary N) is 1. The highest BCUT2D eigenvalue weighted by atomic mass is 35.5. The van der Waals surface area contributed by atoms with Crippen molar-refractivity contribution >= 4 is 40.1 Å². The van der Waals surface area contributed by atoms with Gasteiger partial charge in [-0.2, -0.15) is 0 Å². The Kier molecular flexibility index (Phi) is 7.19. The van der Waals surface area contributed by atoms with E-state index in [1.54, 1.807) is 67.7 Å². The highest BCUT2D eigenvalue weighted by Crippen LogP contribution is 2.25. The van der Waals surface area contributed by atoms with E-state index in [-0.39, 0.29) is 6.61 Å². The van der Waals surface area contributed by atoms with E-state index in [0.29, 0.717) is 38.6 Å². The van der Waals surface area contributed by atoms with Gasteiger partial charge in [-0.05, 0) is 61.0 Å². The van der Waals surface area contributed by atoms with Crippen molar-refractivity contribution in [3.8, 4) is 17.4 Å². The van der Waals surface area contributed by atoms with Crippen molar-refractivity contribution in [2.24, 2.45) is 0 Å². The first-order valence-corrected chi connectivity index (χ1v) is 10.6. The van der Waals surface area contributed by atoms with Crippen LogP contribution in [0.15, 0.2) is 67.0 Å². The normalized spacial score (nSPS) is 11.7. The molecule has 2 aromatic carbocycles. The summed E-state index contributed by atoms with van der Waals surface area (Å²) in [5.74, 6) is 0.955. The largest absolute Gasteiger partial charge is 0.481 e. The topological polar surface area (TPSA) is 95.5 Å². The molecule has 0 aliphatic heterocycles. The maximum absolute atomic E-state index is 12.2. The molecule has 0 fully saturated rings. The number of ether oxygens (including phenoxy) is 2. The number of hydrogen-bond donors (Lipinski definition) is 1. The molecule has 1 unspecified atom stereocenters. The van der Waals surface area contributed by atoms with Crippen LogP contribution in [0.5, 0.6) is 17.4 Å². The molecule has 0 aliphatic carbocycles. The third kappa shape index (κ3) is 6.29. The average Bonchev–Trinajstić information content (AvgIpc) is 2.81. The quantitative estimate of drug-likeness (QED) is 0.273. The Labute approximate surface area is 199 Å². The second-order valence-electron chi connectivity index (χ2n) is 6.92. The van der Waals surface area contributed by atoms with Gasteiger partial charge in [-0.25, -0.2) is 20.4 Å². The van der Waals surface area contributed by atoms with Crippen LogP contribution in [0.25, 0.3) is 11.0 Å². The summed E-state index contributed by atoms with van der Waals surface area (Å²) >= 11 is 11.7. The van der Waals surface area contributed by atoms with Gasteiger partial charge in [0.25, 0.3) is 5.91 Å². The van der Waals surface area contributed by atoms with Gasteiger partial charge in [-0.15, -0.1) is 0 Å². The highest BCUT2D eigenvalue weighted by molar-refractivity contribution is 6.31. The minimum Gasteiger partial charge on any atom is -0.481 e. The van der Waals surface area contributed by atoms with Gasteiger partial charge in [0.05, 0.1) is 17.2 Å². The molecule has 0 radical (unpaired) electrons. The number of fused-ring (bicyclic) bond motifs is 1. The summed E-state index contributed by atoms with van der Waals surface area (Å²) < 4.78 is 11.4. The van der Waals surface area contributed by atoms with Crippen molar-refractivity contribution in [3.63, 3.8) is 0 Å². The summed E-state index contributed by atoms with van der Waals surface area (Å²) in [5.41, 5.74) is 4.48. The third-order valence-corrected chi connectivity index (χ3v) is 4.87. The smallest absolute Gasteiger partial charge is 0.284 e. The Morgan fingerprint density at radius 1 is 0.970 bits per heavy atom. The van der Waals surface area contributed by atoms with Crippen LogP contribution in [0.3, 0.4) is 0 Å². The molecule has 10 heteroatoms. The predicted molar refractivity (Wildman–Crippen MR) is 123 cm³/mol. The van der Waals surface area contributed by atoms with Gasteiger partial charge < -0.3 is 9.47 Å². The van der Waals surface area contributed by atoms with Gasteiger partial charge in [0.15, 0.2) is 6.10 Å². The van der Waals surface area contributed by atoms with Crippen molar-refractivity contribution in [1.82, 2.24) is 20.4 Å². The van der Waals surface area contributed by atoms with Crippen LogP contribution in [0.1, 0.15) is 12.5 Å². The molecule has 0 saturated carbocycles. The molecular formula is C23H18Cl2N4O4. The summed E-state index contributed by atoms with van der Waals surface area (Å²) in [6.45, 7) is 1.77. The molecular weight excluding hydrogens is 467 g/mol. The molecule has 168 valence electrons. The number of halogens is 2. The maximum atomic E-state index is 12.2. The molecule has 33 heavy (non-hydrogen) atoms. The molecule has 0 spiro atoms. The molecule has 8 nitrogen and oxygen atoms in total. The van der Waals surface area contributed by atoms with E-state index in [1.807, 2.05) is 0 Å². The van der Waals surface area contributed by atoms with Crippen LogP contribution in [-0.4, -0.2) is 27.0 Å². The standard InChI is InChI=1S/C23H18Cl2N4O4/c1-14(23(30)29-31-13-15-2-9-21(25)27-11-15)32-17-4-6-18(7-5-17)33-22-12-26-20-10-16(24)3-8-19(20)28-22/h2-12,14H,13H2,1H3,(H,29,30). The van der Waals surface area contributed by atoms with Gasteiger partial charge >= 0.3 is 0 Å². The van der Waals surface area contributed by atoms with Crippen LogP contribution in [-0.2, 0) is 16.2 Å². The number of benzene rings is 2. The Morgan fingerprint density at radius 3 is 2.52 bits per heavy atom. The molecule has 0 bridgehead atoms. The zero-order chi connectivity index (χ0) is 23.2. The third-order valence-electron chi connectivity index (χ3n) is 4.41. The molecule has 1 N–H and O–H groups in total. The maximum Gasteiger partial charge on any atom is 0.284 e. The SMILES string of the molecule is CC(Oc1ccc(Oc2cnc3cc(Cl)ccc3n2)cc1)C(=O)NOCc1ccc(Cl)nc1. The predicted octanol–water partition coefficient (Wildman–Crippen LogP) is 5.14. The summed E-state index contributed by atoms with van der Waals surface area (Å²) in [6.07, 6.45) is 2.31. The molecule has 1 amide bonds. The number of carbonyl (C=O) groups excluding carboxylic acids is 1. The van der Waals surface area contributed by atoms with E-state index in [4.69, 9.17) is 37.5 Å². The van der Waals surface area contributed by atoms with Crippen molar-refractivity contribution < 1.29 is 19.1 Å². The monoisotopic (exact) mass is 484 g/mol. The summed E-state index contributed by atoms with van der Waals surface area (Å²) in [5, 5.41) is 0.978. The fourth-order valence-corrected chi connectivity index (χ4v) is 3.02. The second kappa shape index (κ2) is 10.4. The number of hydrogen-bond acceptors (Lipinski definition) is 7. The van der Waals surface area contributed by atoms with E-state index in [0.717, 1.165) is 5.56 Å². The van der Waals surface area contributed by atoms with Crippen molar-refractivity contribution in [2.75, 3.05) is 0 Å². The zero-order valence-electron chi connectivity index (χ0n) is 17.4. The first-order chi connectivity index (χ1) is 16.0. The van der Waals surface area contributed by atoms with Gasteiger partial charge in [-0.1, -0.05) is 29.3 Å². The minimum absolute atomic E-state index is 0.152. The Hall–Kier alpha value is -3.46. The lowest BCUT2D eigenvalue weighted by Crippen LogP contribution is -2.36. The van der Waals surface area contributed by atoms with Crippen LogP contribution < -0.4 is 15.0 Å². The second-order valence-corrected chi connectivity index (χ2v) is 7.74. The zero-order valence-corrected chi connectivity index (χ0v) is 18.9. The summed E-state index contributed by atoms with van der Waals surface area (Å²) in [6, 6.07) is 15.4. The van der Waals surface area contributed by atoms with Crippen molar-refractivity contribution in [3.05, 3.63) is 82.7 Å². The van der Waals surface area contributed by atoms with Gasteiger partial charge in [0, 0.05) is 11.2 Å². The van der Waals surface area contributed by atoms with E-state index in [1.165, 1.54) is 6.20 Å². The molecule has 4 rings (SSSR count). The Morgan fingerprint density at radius 2 is 1.76 bits per heavy atom. The highest BCUT2D eigenvalue weighted by Gasteiger charge is 2.15. The number of rotatable bonds is 8. The van der Waals surface area contributed by atoms with E-state index < -0.39 is 12.0 Å². The molecule has 0 aliphatic rings. The van der Waals surface area contributed by atoms with Crippen LogP contribution in [0, 0.1) is 0 Å².